The fraction of sp³-hybridized carbons (Fsp3) is 0.400. The zero-order chi connectivity index (χ0) is 15.6. The van der Waals surface area contributed by atoms with Crippen LogP contribution >= 0.6 is 0 Å². The highest BCUT2D eigenvalue weighted by molar-refractivity contribution is 7.89. The molecule has 0 atom stereocenters. The van der Waals surface area contributed by atoms with E-state index in [4.69, 9.17) is 0 Å². The first-order valence-electron chi connectivity index (χ1n) is 6.88. The Morgan fingerprint density at radius 1 is 1.14 bits per heavy atom. The van der Waals surface area contributed by atoms with Gasteiger partial charge < -0.3 is 0 Å². The van der Waals surface area contributed by atoms with E-state index in [9.17, 15) is 8.42 Å². The quantitative estimate of drug-likeness (QED) is 0.889. The minimum absolute atomic E-state index is 0.252. The van der Waals surface area contributed by atoms with Gasteiger partial charge in [0.2, 0.25) is 10.0 Å². The summed E-state index contributed by atoms with van der Waals surface area (Å²) in [6, 6.07) is 6.19. The number of aromatic amines is 1. The third-order valence-electron chi connectivity index (χ3n) is 3.61. The van der Waals surface area contributed by atoms with Crippen LogP contribution in [0.15, 0.2) is 23.1 Å². The lowest BCUT2D eigenvalue weighted by Crippen LogP contribution is -2.26. The Morgan fingerprint density at radius 2 is 1.86 bits per heavy atom. The molecule has 6 heteroatoms. The zero-order valence-corrected chi connectivity index (χ0v) is 13.6. The second-order valence-electron chi connectivity index (χ2n) is 5.33. The van der Waals surface area contributed by atoms with Crippen LogP contribution in [0.1, 0.15) is 28.1 Å². The number of nitrogens with zero attached hydrogens (tertiary/aromatic N) is 1. The summed E-state index contributed by atoms with van der Waals surface area (Å²) in [6.07, 6.45) is 0.663. The van der Waals surface area contributed by atoms with Crippen LogP contribution in [0.25, 0.3) is 0 Å². The van der Waals surface area contributed by atoms with Crippen LogP contribution in [-0.4, -0.2) is 25.2 Å². The second kappa shape index (κ2) is 5.99. The molecule has 0 radical (unpaired) electrons. The van der Waals surface area contributed by atoms with Gasteiger partial charge in [0.25, 0.3) is 0 Å². The first kappa shape index (κ1) is 15.7. The van der Waals surface area contributed by atoms with Gasteiger partial charge in [-0.2, -0.15) is 5.10 Å². The molecule has 1 heterocycles. The van der Waals surface area contributed by atoms with Gasteiger partial charge in [0, 0.05) is 6.54 Å². The van der Waals surface area contributed by atoms with Gasteiger partial charge in [-0.3, -0.25) is 5.10 Å². The summed E-state index contributed by atoms with van der Waals surface area (Å²) in [5, 5.41) is 6.62. The Hall–Kier alpha value is -1.66. The van der Waals surface area contributed by atoms with Gasteiger partial charge in [-0.15, -0.1) is 0 Å². The van der Waals surface area contributed by atoms with Gasteiger partial charge in [-0.25, -0.2) is 13.1 Å². The first-order valence-corrected chi connectivity index (χ1v) is 8.37. The SMILES string of the molecule is Cc1ccc(CCNS(=O)(=O)c2c(C)n[nH]c2C)cc1C. The van der Waals surface area contributed by atoms with Crippen molar-refractivity contribution < 1.29 is 8.42 Å². The largest absolute Gasteiger partial charge is 0.281 e. The molecular weight excluding hydrogens is 286 g/mol. The first-order chi connectivity index (χ1) is 9.81. The molecule has 1 aromatic heterocycles. The number of aromatic nitrogens is 2. The van der Waals surface area contributed by atoms with Crippen LogP contribution in [0.4, 0.5) is 0 Å². The van der Waals surface area contributed by atoms with Crippen molar-refractivity contribution in [2.75, 3.05) is 6.54 Å². The lowest BCUT2D eigenvalue weighted by molar-refractivity contribution is 0.580. The summed E-state index contributed by atoms with van der Waals surface area (Å²) in [7, 11) is -3.51. The summed E-state index contributed by atoms with van der Waals surface area (Å²) in [5.41, 5.74) is 4.64. The van der Waals surface area contributed by atoms with Gasteiger partial charge in [0.15, 0.2) is 0 Å². The van der Waals surface area contributed by atoms with Gasteiger partial charge in [0.05, 0.1) is 11.4 Å². The second-order valence-corrected chi connectivity index (χ2v) is 7.03. The number of benzene rings is 1. The average molecular weight is 307 g/mol. The molecule has 0 fully saturated rings. The summed E-state index contributed by atoms with van der Waals surface area (Å²) in [6.45, 7) is 7.88. The molecule has 0 spiro atoms. The number of hydrogen-bond acceptors (Lipinski definition) is 3. The third kappa shape index (κ3) is 3.51. The Labute approximate surface area is 125 Å². The van der Waals surface area contributed by atoms with Crippen molar-refractivity contribution in [2.24, 2.45) is 0 Å². The number of H-pyrrole nitrogens is 1. The van der Waals surface area contributed by atoms with E-state index in [0.29, 0.717) is 24.4 Å². The lowest BCUT2D eigenvalue weighted by atomic mass is 10.0. The number of hydrogen-bond donors (Lipinski definition) is 2. The van der Waals surface area contributed by atoms with E-state index < -0.39 is 10.0 Å². The van der Waals surface area contributed by atoms with Crippen LogP contribution in [-0.2, 0) is 16.4 Å². The fourth-order valence-corrected chi connectivity index (χ4v) is 3.70. The van der Waals surface area contributed by atoms with Crippen LogP contribution in [0, 0.1) is 27.7 Å². The van der Waals surface area contributed by atoms with Crippen molar-refractivity contribution in [1.29, 1.82) is 0 Å². The highest BCUT2D eigenvalue weighted by Crippen LogP contribution is 2.16. The molecule has 1 aromatic carbocycles. The minimum atomic E-state index is -3.51. The molecule has 0 aliphatic carbocycles. The molecule has 0 bridgehead atoms. The molecule has 0 amide bonds. The van der Waals surface area contributed by atoms with Gasteiger partial charge >= 0.3 is 0 Å². The van der Waals surface area contributed by atoms with Crippen LogP contribution in [0.5, 0.6) is 0 Å². The highest BCUT2D eigenvalue weighted by atomic mass is 32.2. The molecule has 0 saturated heterocycles. The number of rotatable bonds is 5. The Kier molecular flexibility index (Phi) is 4.49. The predicted octanol–water partition coefficient (Wildman–Crippen LogP) is 2.16. The minimum Gasteiger partial charge on any atom is -0.281 e. The molecule has 114 valence electrons. The molecule has 0 aliphatic rings. The molecule has 21 heavy (non-hydrogen) atoms. The molecular formula is C15H21N3O2S. The average Bonchev–Trinajstić information content (AvgIpc) is 2.74. The van der Waals surface area contributed by atoms with E-state index >= 15 is 0 Å². The lowest BCUT2D eigenvalue weighted by Gasteiger charge is -2.08. The van der Waals surface area contributed by atoms with E-state index in [0.717, 1.165) is 5.56 Å². The van der Waals surface area contributed by atoms with Gasteiger partial charge in [0.1, 0.15) is 4.90 Å². The Bertz CT molecular complexity index is 729. The smallest absolute Gasteiger partial charge is 0.244 e. The maximum atomic E-state index is 12.3. The Balaban J connectivity index is 2.04. The van der Waals surface area contributed by atoms with Crippen molar-refractivity contribution in [3.8, 4) is 0 Å². The number of nitrogens with one attached hydrogen (secondary N) is 2. The van der Waals surface area contributed by atoms with Crippen LogP contribution < -0.4 is 4.72 Å². The third-order valence-corrected chi connectivity index (χ3v) is 5.33. The van der Waals surface area contributed by atoms with Crippen molar-refractivity contribution >= 4 is 10.0 Å². The van der Waals surface area contributed by atoms with E-state index in [-0.39, 0.29) is 4.90 Å². The summed E-state index contributed by atoms with van der Waals surface area (Å²) < 4.78 is 27.2. The maximum absolute atomic E-state index is 12.3. The number of sulfonamides is 1. The number of aryl methyl sites for hydroxylation is 4. The Morgan fingerprint density at radius 3 is 2.43 bits per heavy atom. The monoisotopic (exact) mass is 307 g/mol. The molecule has 5 nitrogen and oxygen atoms in total. The molecule has 0 saturated carbocycles. The molecule has 0 unspecified atom stereocenters. The van der Waals surface area contributed by atoms with E-state index in [1.165, 1.54) is 11.1 Å². The van der Waals surface area contributed by atoms with E-state index in [1.807, 2.05) is 6.07 Å². The predicted molar refractivity (Wildman–Crippen MR) is 82.9 cm³/mol. The van der Waals surface area contributed by atoms with Gasteiger partial charge in [-0.05, 0) is 50.8 Å². The molecule has 2 aromatic rings. The maximum Gasteiger partial charge on any atom is 0.244 e. The highest BCUT2D eigenvalue weighted by Gasteiger charge is 2.21. The van der Waals surface area contributed by atoms with Crippen LogP contribution in [0.2, 0.25) is 0 Å². The molecule has 0 aliphatic heterocycles. The molecule has 2 N–H and O–H groups in total. The van der Waals surface area contributed by atoms with E-state index in [2.05, 4.69) is 40.9 Å². The summed E-state index contributed by atoms with van der Waals surface area (Å²) in [4.78, 5) is 0.252. The normalized spacial score (nSPS) is 11.8. The summed E-state index contributed by atoms with van der Waals surface area (Å²) in [5.74, 6) is 0. The standard InChI is InChI=1S/C15H21N3O2S/c1-10-5-6-14(9-11(10)2)7-8-16-21(19,20)15-12(3)17-18-13(15)4/h5-6,9,16H,7-8H2,1-4H3,(H,17,18). The van der Waals surface area contributed by atoms with Crippen molar-refractivity contribution in [3.63, 3.8) is 0 Å². The van der Waals surface area contributed by atoms with Crippen molar-refractivity contribution in [1.82, 2.24) is 14.9 Å². The van der Waals surface area contributed by atoms with Crippen LogP contribution in [0.3, 0.4) is 0 Å². The fourth-order valence-electron chi connectivity index (χ4n) is 2.30. The van der Waals surface area contributed by atoms with Crippen molar-refractivity contribution in [2.45, 2.75) is 39.0 Å². The molecule has 2 rings (SSSR count). The topological polar surface area (TPSA) is 74.8 Å². The van der Waals surface area contributed by atoms with E-state index in [1.54, 1.807) is 13.8 Å². The summed E-state index contributed by atoms with van der Waals surface area (Å²) >= 11 is 0. The van der Waals surface area contributed by atoms with Crippen molar-refractivity contribution in [3.05, 3.63) is 46.3 Å². The van der Waals surface area contributed by atoms with Gasteiger partial charge in [-0.1, -0.05) is 18.2 Å². The zero-order valence-electron chi connectivity index (χ0n) is 12.8.